The lowest BCUT2D eigenvalue weighted by molar-refractivity contribution is 0.232. The van der Waals surface area contributed by atoms with Crippen molar-refractivity contribution in [2.24, 2.45) is 5.73 Å². The summed E-state index contributed by atoms with van der Waals surface area (Å²) in [7, 11) is 0. The average molecular weight is 237 g/mol. The molecule has 0 fully saturated rings. The molecular formula is C11H12FN3O2. The number of para-hydroxylation sites is 1. The molecule has 0 saturated carbocycles. The molecule has 6 heteroatoms. The Morgan fingerprint density at radius 1 is 1.47 bits per heavy atom. The molecule has 0 spiro atoms. The van der Waals surface area contributed by atoms with Gasteiger partial charge in [-0.3, -0.25) is 0 Å². The first-order valence-corrected chi connectivity index (χ1v) is 5.10. The standard InChI is InChI=1S/C11H12FN3O2/c1-7-14-10(17-15-7)6-16-11-8(5-13)3-2-4-9(11)12/h2-4H,5-6,13H2,1H3. The van der Waals surface area contributed by atoms with Crippen molar-refractivity contribution in [2.45, 2.75) is 20.1 Å². The fraction of sp³-hybridized carbons (Fsp3) is 0.273. The largest absolute Gasteiger partial charge is 0.480 e. The van der Waals surface area contributed by atoms with Crippen LogP contribution in [-0.2, 0) is 13.2 Å². The molecule has 1 aromatic heterocycles. The molecule has 17 heavy (non-hydrogen) atoms. The van der Waals surface area contributed by atoms with Crippen LogP contribution in [0.15, 0.2) is 22.7 Å². The Hall–Kier alpha value is -1.95. The van der Waals surface area contributed by atoms with Gasteiger partial charge in [-0.15, -0.1) is 0 Å². The zero-order valence-corrected chi connectivity index (χ0v) is 9.31. The molecule has 2 aromatic rings. The SMILES string of the molecule is Cc1noc(COc2c(F)cccc2CN)n1. The molecule has 0 unspecified atom stereocenters. The summed E-state index contributed by atoms with van der Waals surface area (Å²) < 4.78 is 23.7. The second-order valence-corrected chi connectivity index (χ2v) is 3.46. The highest BCUT2D eigenvalue weighted by molar-refractivity contribution is 5.34. The lowest BCUT2D eigenvalue weighted by Gasteiger charge is -2.09. The number of halogens is 1. The van der Waals surface area contributed by atoms with Crippen molar-refractivity contribution in [2.75, 3.05) is 0 Å². The van der Waals surface area contributed by atoms with Gasteiger partial charge in [-0.25, -0.2) is 4.39 Å². The molecule has 90 valence electrons. The van der Waals surface area contributed by atoms with Crippen molar-refractivity contribution in [1.82, 2.24) is 10.1 Å². The van der Waals surface area contributed by atoms with Gasteiger partial charge in [-0.05, 0) is 13.0 Å². The third-order valence-corrected chi connectivity index (χ3v) is 2.18. The Morgan fingerprint density at radius 3 is 2.94 bits per heavy atom. The molecule has 2 rings (SSSR count). The van der Waals surface area contributed by atoms with E-state index in [2.05, 4.69) is 10.1 Å². The molecule has 2 N–H and O–H groups in total. The molecule has 1 heterocycles. The Balaban J connectivity index is 2.13. The number of hydrogen-bond acceptors (Lipinski definition) is 5. The lowest BCUT2D eigenvalue weighted by Crippen LogP contribution is -2.04. The van der Waals surface area contributed by atoms with E-state index in [1.807, 2.05) is 0 Å². The molecule has 5 nitrogen and oxygen atoms in total. The van der Waals surface area contributed by atoms with Crippen LogP contribution in [-0.4, -0.2) is 10.1 Å². The zero-order valence-electron chi connectivity index (χ0n) is 9.31. The summed E-state index contributed by atoms with van der Waals surface area (Å²) in [5.74, 6) is 0.486. The highest BCUT2D eigenvalue weighted by Crippen LogP contribution is 2.23. The maximum atomic E-state index is 13.5. The molecule has 0 amide bonds. The molecule has 0 aliphatic heterocycles. The van der Waals surface area contributed by atoms with E-state index in [0.29, 0.717) is 17.3 Å². The van der Waals surface area contributed by atoms with E-state index in [1.54, 1.807) is 19.1 Å². The predicted octanol–water partition coefficient (Wildman–Crippen LogP) is 1.55. The molecular weight excluding hydrogens is 225 g/mol. The van der Waals surface area contributed by atoms with Crippen LogP contribution in [0.3, 0.4) is 0 Å². The van der Waals surface area contributed by atoms with Gasteiger partial charge in [0.25, 0.3) is 5.89 Å². The van der Waals surface area contributed by atoms with Crippen molar-refractivity contribution in [3.05, 3.63) is 41.3 Å². The Bertz CT molecular complexity index is 513. The molecule has 0 aliphatic carbocycles. The highest BCUT2D eigenvalue weighted by Gasteiger charge is 2.10. The van der Waals surface area contributed by atoms with Gasteiger partial charge in [-0.1, -0.05) is 17.3 Å². The van der Waals surface area contributed by atoms with Crippen molar-refractivity contribution < 1.29 is 13.7 Å². The van der Waals surface area contributed by atoms with E-state index in [0.717, 1.165) is 0 Å². The number of ether oxygens (including phenoxy) is 1. The second kappa shape index (κ2) is 4.92. The van der Waals surface area contributed by atoms with Crippen LogP contribution in [0.1, 0.15) is 17.3 Å². The van der Waals surface area contributed by atoms with Crippen LogP contribution in [0, 0.1) is 12.7 Å². The summed E-state index contributed by atoms with van der Waals surface area (Å²) in [5.41, 5.74) is 6.09. The van der Waals surface area contributed by atoms with Crippen LogP contribution < -0.4 is 10.5 Å². The summed E-state index contributed by atoms with van der Waals surface area (Å²) >= 11 is 0. The van der Waals surface area contributed by atoms with Crippen LogP contribution in [0.25, 0.3) is 0 Å². The molecule has 0 saturated heterocycles. The first-order valence-electron chi connectivity index (χ1n) is 5.10. The minimum Gasteiger partial charge on any atom is -0.480 e. The van der Waals surface area contributed by atoms with Gasteiger partial charge >= 0.3 is 0 Å². The maximum Gasteiger partial charge on any atom is 0.264 e. The fourth-order valence-electron chi connectivity index (χ4n) is 1.41. The van der Waals surface area contributed by atoms with Gasteiger partial charge in [0.15, 0.2) is 24.0 Å². The lowest BCUT2D eigenvalue weighted by atomic mass is 10.2. The smallest absolute Gasteiger partial charge is 0.264 e. The van der Waals surface area contributed by atoms with E-state index in [9.17, 15) is 4.39 Å². The van der Waals surface area contributed by atoms with Crippen LogP contribution in [0.2, 0.25) is 0 Å². The highest BCUT2D eigenvalue weighted by atomic mass is 19.1. The van der Waals surface area contributed by atoms with Crippen LogP contribution >= 0.6 is 0 Å². The van der Waals surface area contributed by atoms with E-state index in [1.165, 1.54) is 6.07 Å². The third kappa shape index (κ3) is 2.59. The number of aromatic nitrogens is 2. The van der Waals surface area contributed by atoms with E-state index >= 15 is 0 Å². The average Bonchev–Trinajstić information content (AvgIpc) is 2.73. The molecule has 0 bridgehead atoms. The Morgan fingerprint density at radius 2 is 2.29 bits per heavy atom. The number of nitrogens with two attached hydrogens (primary N) is 1. The number of nitrogens with zero attached hydrogens (tertiary/aromatic N) is 2. The van der Waals surface area contributed by atoms with Crippen molar-refractivity contribution in [3.8, 4) is 5.75 Å². The zero-order chi connectivity index (χ0) is 12.3. The van der Waals surface area contributed by atoms with Gasteiger partial charge < -0.3 is 15.0 Å². The first kappa shape index (κ1) is 11.5. The van der Waals surface area contributed by atoms with Crippen molar-refractivity contribution in [3.63, 3.8) is 0 Å². The number of rotatable bonds is 4. The van der Waals surface area contributed by atoms with Gasteiger partial charge in [0.05, 0.1) is 0 Å². The maximum absolute atomic E-state index is 13.5. The van der Waals surface area contributed by atoms with Crippen molar-refractivity contribution in [1.29, 1.82) is 0 Å². The molecule has 0 radical (unpaired) electrons. The summed E-state index contributed by atoms with van der Waals surface area (Å²) in [5, 5.41) is 3.61. The molecule has 0 aliphatic rings. The van der Waals surface area contributed by atoms with E-state index < -0.39 is 5.82 Å². The molecule has 1 aromatic carbocycles. The molecule has 0 atom stereocenters. The van der Waals surface area contributed by atoms with E-state index in [4.69, 9.17) is 15.0 Å². The summed E-state index contributed by atoms with van der Waals surface area (Å²) in [6.45, 7) is 1.92. The summed E-state index contributed by atoms with van der Waals surface area (Å²) in [6.07, 6.45) is 0. The number of benzene rings is 1. The van der Waals surface area contributed by atoms with Gasteiger partial charge in [0.1, 0.15) is 0 Å². The van der Waals surface area contributed by atoms with Crippen LogP contribution in [0.4, 0.5) is 4.39 Å². The van der Waals surface area contributed by atoms with Gasteiger partial charge in [-0.2, -0.15) is 4.98 Å². The monoisotopic (exact) mass is 237 g/mol. The van der Waals surface area contributed by atoms with Gasteiger partial charge in [0, 0.05) is 12.1 Å². The van der Waals surface area contributed by atoms with Crippen LogP contribution in [0.5, 0.6) is 5.75 Å². The fourth-order valence-corrected chi connectivity index (χ4v) is 1.41. The van der Waals surface area contributed by atoms with E-state index in [-0.39, 0.29) is 18.9 Å². The summed E-state index contributed by atoms with van der Waals surface area (Å²) in [4.78, 5) is 3.95. The predicted molar refractivity (Wildman–Crippen MR) is 57.7 cm³/mol. The number of aryl methyl sites for hydroxylation is 1. The second-order valence-electron chi connectivity index (χ2n) is 3.46. The Kier molecular flexibility index (Phi) is 3.34. The minimum atomic E-state index is -0.454. The van der Waals surface area contributed by atoms with Gasteiger partial charge in [0.2, 0.25) is 0 Å². The summed E-state index contributed by atoms with van der Waals surface area (Å²) in [6, 6.07) is 4.60. The third-order valence-electron chi connectivity index (χ3n) is 2.18. The normalized spacial score (nSPS) is 10.5. The van der Waals surface area contributed by atoms with Crippen molar-refractivity contribution >= 4 is 0 Å². The minimum absolute atomic E-state index is 0.0226. The topological polar surface area (TPSA) is 74.2 Å². The first-order chi connectivity index (χ1) is 8.20. The quantitative estimate of drug-likeness (QED) is 0.873. The Labute approximate surface area is 97.4 Å². The number of hydrogen-bond donors (Lipinski definition) is 1.